The van der Waals surface area contributed by atoms with Gasteiger partial charge in [0, 0.05) is 29.9 Å². The molecule has 7 nitrogen and oxygen atoms in total. The third-order valence-corrected chi connectivity index (χ3v) is 5.33. The summed E-state index contributed by atoms with van der Waals surface area (Å²) in [6, 6.07) is 15.7. The van der Waals surface area contributed by atoms with Gasteiger partial charge >= 0.3 is 0 Å². The van der Waals surface area contributed by atoms with Crippen LogP contribution in [0.3, 0.4) is 0 Å². The molecule has 160 valence electrons. The van der Waals surface area contributed by atoms with Crippen molar-refractivity contribution in [2.45, 2.75) is 25.4 Å². The Balaban J connectivity index is 1.57. The van der Waals surface area contributed by atoms with E-state index in [1.54, 1.807) is 42.9 Å². The Kier molecular flexibility index (Phi) is 5.10. The first kappa shape index (κ1) is 19.9. The van der Waals surface area contributed by atoms with Gasteiger partial charge in [0.1, 0.15) is 11.5 Å². The number of nitrogens with one attached hydrogen (secondary N) is 1. The Morgan fingerprint density at radius 2 is 1.94 bits per heavy atom. The number of carbonyl (C=O) groups excluding carboxylic acids is 1. The fourth-order valence-corrected chi connectivity index (χ4v) is 3.59. The second-order valence-corrected chi connectivity index (χ2v) is 7.83. The van der Waals surface area contributed by atoms with Gasteiger partial charge in [-0.2, -0.15) is 0 Å². The maximum atomic E-state index is 13.6. The minimum Gasteiger partial charge on any atom is -0.366 e. The van der Waals surface area contributed by atoms with Crippen LogP contribution in [-0.2, 0) is 6.54 Å². The van der Waals surface area contributed by atoms with Gasteiger partial charge in [0.2, 0.25) is 11.9 Å². The molecule has 0 saturated heterocycles. The molecule has 3 N–H and O–H groups in total. The van der Waals surface area contributed by atoms with E-state index in [0.717, 1.165) is 29.7 Å². The fourth-order valence-electron chi connectivity index (χ4n) is 3.59. The summed E-state index contributed by atoms with van der Waals surface area (Å²) in [7, 11) is 0. The normalized spacial score (nSPS) is 13.2. The summed E-state index contributed by atoms with van der Waals surface area (Å²) in [5.41, 5.74) is 9.71. The van der Waals surface area contributed by atoms with E-state index in [-0.39, 0.29) is 5.82 Å². The van der Waals surface area contributed by atoms with E-state index < -0.39 is 5.91 Å². The molecule has 2 aromatic heterocycles. The standard InChI is InChI=1S/C24H21FN6O/c25-18-6-4-16(5-7-18)22-21(20-10-11-27-24(30-20)29-19-8-9-19)28-14-31(22)13-15-2-1-3-17(12-15)23(26)32/h1-7,10-12,14,19H,8-9,13H2,(H2,26,32)(H,27,29,30). The van der Waals surface area contributed by atoms with E-state index in [0.29, 0.717) is 35.5 Å². The van der Waals surface area contributed by atoms with E-state index in [2.05, 4.69) is 20.3 Å². The molecule has 0 bridgehead atoms. The summed E-state index contributed by atoms with van der Waals surface area (Å²) >= 11 is 0. The van der Waals surface area contributed by atoms with Gasteiger partial charge in [0.05, 0.1) is 17.7 Å². The number of rotatable bonds is 7. The van der Waals surface area contributed by atoms with Crippen molar-refractivity contribution in [3.63, 3.8) is 0 Å². The molecule has 1 fully saturated rings. The number of benzene rings is 2. The molecule has 0 spiro atoms. The second kappa shape index (κ2) is 8.22. The fraction of sp³-hybridized carbons (Fsp3) is 0.167. The van der Waals surface area contributed by atoms with Crippen molar-refractivity contribution in [2.75, 3.05) is 5.32 Å². The van der Waals surface area contributed by atoms with Gasteiger partial charge in [-0.25, -0.2) is 19.3 Å². The summed E-state index contributed by atoms with van der Waals surface area (Å²) in [6.45, 7) is 0.457. The van der Waals surface area contributed by atoms with Crippen LogP contribution in [0.5, 0.6) is 0 Å². The molecule has 2 aromatic carbocycles. The molecule has 5 rings (SSSR count). The average Bonchev–Trinajstić information content (AvgIpc) is 3.52. The zero-order chi connectivity index (χ0) is 22.1. The molecule has 1 saturated carbocycles. The highest BCUT2D eigenvalue weighted by Gasteiger charge is 2.23. The minimum atomic E-state index is -0.478. The predicted molar refractivity (Wildman–Crippen MR) is 119 cm³/mol. The monoisotopic (exact) mass is 428 g/mol. The molecule has 0 atom stereocenters. The van der Waals surface area contributed by atoms with Gasteiger partial charge in [-0.1, -0.05) is 12.1 Å². The summed E-state index contributed by atoms with van der Waals surface area (Å²) in [4.78, 5) is 25.2. The molecular formula is C24H21FN6O. The number of halogens is 1. The first-order valence-electron chi connectivity index (χ1n) is 10.4. The molecule has 1 aliphatic rings. The molecule has 0 aliphatic heterocycles. The van der Waals surface area contributed by atoms with Crippen molar-refractivity contribution in [1.82, 2.24) is 19.5 Å². The first-order valence-corrected chi connectivity index (χ1v) is 10.4. The van der Waals surface area contributed by atoms with Gasteiger partial charge < -0.3 is 15.6 Å². The van der Waals surface area contributed by atoms with E-state index in [1.165, 1.54) is 12.1 Å². The van der Waals surface area contributed by atoms with Crippen LogP contribution in [0.4, 0.5) is 10.3 Å². The number of nitrogens with two attached hydrogens (primary N) is 1. The predicted octanol–water partition coefficient (Wildman–Crippen LogP) is 3.87. The number of carbonyl (C=O) groups is 1. The molecule has 0 radical (unpaired) electrons. The largest absolute Gasteiger partial charge is 0.366 e. The zero-order valence-corrected chi connectivity index (χ0v) is 17.2. The quantitative estimate of drug-likeness (QED) is 0.466. The number of primary amides is 1. The average molecular weight is 428 g/mol. The van der Waals surface area contributed by atoms with E-state index in [4.69, 9.17) is 5.73 Å². The van der Waals surface area contributed by atoms with Gasteiger partial charge in [0.15, 0.2) is 0 Å². The lowest BCUT2D eigenvalue weighted by Gasteiger charge is -2.12. The maximum Gasteiger partial charge on any atom is 0.248 e. The van der Waals surface area contributed by atoms with E-state index in [1.807, 2.05) is 16.7 Å². The Morgan fingerprint density at radius 3 is 2.69 bits per heavy atom. The lowest BCUT2D eigenvalue weighted by Crippen LogP contribution is -2.11. The number of hydrogen-bond acceptors (Lipinski definition) is 5. The van der Waals surface area contributed by atoms with Crippen LogP contribution in [0.1, 0.15) is 28.8 Å². The van der Waals surface area contributed by atoms with Gasteiger partial charge in [-0.05, 0) is 60.9 Å². The number of amides is 1. The molecular weight excluding hydrogens is 407 g/mol. The number of nitrogens with zero attached hydrogens (tertiary/aromatic N) is 4. The minimum absolute atomic E-state index is 0.312. The van der Waals surface area contributed by atoms with Gasteiger partial charge in [-0.15, -0.1) is 0 Å². The third-order valence-electron chi connectivity index (χ3n) is 5.33. The smallest absolute Gasteiger partial charge is 0.248 e. The number of anilines is 1. The van der Waals surface area contributed by atoms with Crippen LogP contribution in [-0.4, -0.2) is 31.5 Å². The topological polar surface area (TPSA) is 98.7 Å². The zero-order valence-electron chi connectivity index (χ0n) is 17.2. The Hall–Kier alpha value is -4.07. The van der Waals surface area contributed by atoms with Crippen LogP contribution < -0.4 is 11.1 Å². The van der Waals surface area contributed by atoms with Crippen LogP contribution in [0.15, 0.2) is 67.1 Å². The summed E-state index contributed by atoms with van der Waals surface area (Å²) in [6.07, 6.45) is 5.67. The van der Waals surface area contributed by atoms with Crippen molar-refractivity contribution < 1.29 is 9.18 Å². The van der Waals surface area contributed by atoms with Crippen LogP contribution in [0.25, 0.3) is 22.6 Å². The highest BCUT2D eigenvalue weighted by molar-refractivity contribution is 5.92. The highest BCUT2D eigenvalue weighted by Crippen LogP contribution is 2.32. The highest BCUT2D eigenvalue weighted by atomic mass is 19.1. The van der Waals surface area contributed by atoms with Crippen molar-refractivity contribution in [3.8, 4) is 22.6 Å². The summed E-state index contributed by atoms with van der Waals surface area (Å²) in [5.74, 6) is -0.221. The maximum absolute atomic E-state index is 13.6. The second-order valence-electron chi connectivity index (χ2n) is 7.83. The SMILES string of the molecule is NC(=O)c1cccc(Cn2cnc(-c3ccnc(NC4CC4)n3)c2-c2ccc(F)cc2)c1. The van der Waals surface area contributed by atoms with Crippen molar-refractivity contribution in [3.05, 3.63) is 84.1 Å². The Labute approximate surface area is 184 Å². The number of aromatic nitrogens is 4. The molecule has 8 heteroatoms. The van der Waals surface area contributed by atoms with E-state index >= 15 is 0 Å². The molecule has 4 aromatic rings. The van der Waals surface area contributed by atoms with Crippen molar-refractivity contribution >= 4 is 11.9 Å². The van der Waals surface area contributed by atoms with E-state index in [9.17, 15) is 9.18 Å². The molecule has 0 unspecified atom stereocenters. The van der Waals surface area contributed by atoms with Crippen molar-refractivity contribution in [2.24, 2.45) is 5.73 Å². The Morgan fingerprint density at radius 1 is 1.12 bits per heavy atom. The number of imidazole rings is 1. The first-order chi connectivity index (χ1) is 15.6. The number of hydrogen-bond donors (Lipinski definition) is 2. The van der Waals surface area contributed by atoms with Crippen LogP contribution in [0.2, 0.25) is 0 Å². The summed E-state index contributed by atoms with van der Waals surface area (Å²) in [5, 5.41) is 3.31. The van der Waals surface area contributed by atoms with Crippen LogP contribution >= 0.6 is 0 Å². The molecule has 1 amide bonds. The van der Waals surface area contributed by atoms with Gasteiger partial charge in [-0.3, -0.25) is 4.79 Å². The third kappa shape index (κ3) is 4.20. The lowest BCUT2D eigenvalue weighted by molar-refractivity contribution is 0.1000. The van der Waals surface area contributed by atoms with Crippen molar-refractivity contribution in [1.29, 1.82) is 0 Å². The van der Waals surface area contributed by atoms with Crippen LogP contribution in [0, 0.1) is 5.82 Å². The molecule has 1 aliphatic carbocycles. The Bertz CT molecular complexity index is 1280. The molecule has 2 heterocycles. The molecule has 32 heavy (non-hydrogen) atoms. The van der Waals surface area contributed by atoms with Gasteiger partial charge in [0.25, 0.3) is 0 Å². The lowest BCUT2D eigenvalue weighted by atomic mass is 10.1. The summed E-state index contributed by atoms with van der Waals surface area (Å²) < 4.78 is 15.6.